The van der Waals surface area contributed by atoms with Crippen molar-refractivity contribution in [2.75, 3.05) is 17.3 Å². The van der Waals surface area contributed by atoms with E-state index in [0.29, 0.717) is 5.75 Å². The largest absolute Gasteiger partial charge is 0.496 e. The highest BCUT2D eigenvalue weighted by molar-refractivity contribution is 5.97. The second-order valence-corrected chi connectivity index (χ2v) is 9.11. The van der Waals surface area contributed by atoms with Gasteiger partial charge >= 0.3 is 0 Å². The van der Waals surface area contributed by atoms with Crippen LogP contribution in [0.25, 0.3) is 16.8 Å². The number of halogens is 1. The van der Waals surface area contributed by atoms with Gasteiger partial charge in [-0.2, -0.15) is 0 Å². The summed E-state index contributed by atoms with van der Waals surface area (Å²) in [7, 11) is 1.59. The van der Waals surface area contributed by atoms with E-state index < -0.39 is 0 Å². The number of methoxy groups -OCH3 is 1. The van der Waals surface area contributed by atoms with Crippen LogP contribution in [0.5, 0.6) is 5.75 Å². The molecule has 3 nitrogen and oxygen atoms in total. The minimum Gasteiger partial charge on any atom is -0.496 e. The van der Waals surface area contributed by atoms with E-state index in [-0.39, 0.29) is 11.4 Å². The van der Waals surface area contributed by atoms with E-state index in [0.717, 1.165) is 23.4 Å². The second kappa shape index (κ2) is 6.88. The quantitative estimate of drug-likeness (QED) is 0.517. The van der Waals surface area contributed by atoms with E-state index in [4.69, 9.17) is 4.74 Å². The van der Waals surface area contributed by atoms with E-state index in [9.17, 15) is 4.39 Å². The average Bonchev–Trinajstić information content (AvgIpc) is 3.09. The molecule has 31 heavy (non-hydrogen) atoms. The van der Waals surface area contributed by atoms with Gasteiger partial charge in [0.2, 0.25) is 0 Å². The third kappa shape index (κ3) is 3.18. The van der Waals surface area contributed by atoms with Gasteiger partial charge in [-0.3, -0.25) is 0 Å². The molecule has 2 aliphatic rings. The predicted octanol–water partition coefficient (Wildman–Crippen LogP) is 6.68. The van der Waals surface area contributed by atoms with Gasteiger partial charge in [-0.25, -0.2) is 4.39 Å². The predicted molar refractivity (Wildman–Crippen MR) is 126 cm³/mol. The summed E-state index contributed by atoms with van der Waals surface area (Å²) in [6, 6.07) is 15.6. The van der Waals surface area contributed by atoms with Crippen molar-refractivity contribution in [1.82, 2.24) is 0 Å². The maximum Gasteiger partial charge on any atom is 0.129 e. The van der Waals surface area contributed by atoms with Crippen molar-refractivity contribution in [3.63, 3.8) is 0 Å². The molecule has 0 saturated heterocycles. The number of nitrogens with one attached hydrogen (secondary N) is 1. The van der Waals surface area contributed by atoms with Crippen LogP contribution >= 0.6 is 0 Å². The van der Waals surface area contributed by atoms with Crippen LogP contribution in [0.15, 0.2) is 54.6 Å². The van der Waals surface area contributed by atoms with Gasteiger partial charge in [0.05, 0.1) is 12.6 Å². The molecule has 2 aliphatic heterocycles. The number of ether oxygens (including phenoxy) is 1. The molecule has 5 rings (SSSR count). The Morgan fingerprint density at radius 1 is 1.00 bits per heavy atom. The highest BCUT2D eigenvalue weighted by atomic mass is 19.1. The van der Waals surface area contributed by atoms with Crippen molar-refractivity contribution >= 4 is 17.1 Å². The summed E-state index contributed by atoms with van der Waals surface area (Å²) in [5.41, 5.74) is 10.4. The first-order valence-electron chi connectivity index (χ1n) is 10.6. The zero-order valence-corrected chi connectivity index (χ0v) is 18.6. The van der Waals surface area contributed by atoms with Gasteiger partial charge in [0.1, 0.15) is 11.6 Å². The molecule has 0 radical (unpaired) electrons. The number of nitrogens with zero attached hydrogens (tertiary/aromatic N) is 1. The number of hydrogen-bond acceptors (Lipinski definition) is 3. The Balaban J connectivity index is 1.75. The van der Waals surface area contributed by atoms with Gasteiger partial charge in [-0.1, -0.05) is 18.2 Å². The zero-order chi connectivity index (χ0) is 21.9. The summed E-state index contributed by atoms with van der Waals surface area (Å²) in [6.45, 7) is 9.44. The molecule has 0 atom stereocenters. The Bertz CT molecular complexity index is 1240. The molecule has 0 spiro atoms. The first-order valence-corrected chi connectivity index (χ1v) is 10.6. The summed E-state index contributed by atoms with van der Waals surface area (Å²) in [5, 5.41) is 3.67. The summed E-state index contributed by atoms with van der Waals surface area (Å²) in [4.78, 5) is 2.42. The molecular formula is C27H27FN2O. The van der Waals surface area contributed by atoms with Gasteiger partial charge in [0.25, 0.3) is 0 Å². The molecule has 0 bridgehead atoms. The monoisotopic (exact) mass is 414 g/mol. The summed E-state index contributed by atoms with van der Waals surface area (Å²) in [6.07, 6.45) is 2.32. The van der Waals surface area contributed by atoms with Gasteiger partial charge in [-0.05, 0) is 80.3 Å². The van der Waals surface area contributed by atoms with Crippen LogP contribution in [-0.2, 0) is 6.54 Å². The van der Waals surface area contributed by atoms with E-state index in [1.54, 1.807) is 7.11 Å². The molecule has 0 saturated carbocycles. The van der Waals surface area contributed by atoms with Crippen LogP contribution in [-0.4, -0.2) is 12.6 Å². The molecule has 1 N–H and O–H groups in total. The van der Waals surface area contributed by atoms with Crippen LogP contribution in [0.1, 0.15) is 36.1 Å². The van der Waals surface area contributed by atoms with Crippen LogP contribution in [0.3, 0.4) is 0 Å². The van der Waals surface area contributed by atoms with Crippen molar-refractivity contribution in [3.8, 4) is 16.9 Å². The van der Waals surface area contributed by atoms with Gasteiger partial charge in [0.15, 0.2) is 0 Å². The first-order chi connectivity index (χ1) is 14.8. The standard InChI is InChI=1S/C27H27FN2O/c1-16-6-7-17(2)23(12-16)30-15-21-19(20-9-8-18(28)13-25(20)31-5)10-11-22-26(21)24(30)14-27(3,4)29-22/h6-14,29H,15H2,1-5H3. The van der Waals surface area contributed by atoms with Crippen LogP contribution in [0.4, 0.5) is 15.8 Å². The van der Waals surface area contributed by atoms with Crippen LogP contribution < -0.4 is 15.0 Å². The molecule has 2 heterocycles. The minimum absolute atomic E-state index is 0.158. The molecule has 3 aromatic rings. The lowest BCUT2D eigenvalue weighted by atomic mass is 9.89. The number of anilines is 2. The fourth-order valence-electron chi connectivity index (χ4n) is 4.83. The molecule has 0 aliphatic carbocycles. The first kappa shape index (κ1) is 19.7. The number of hydrogen-bond donors (Lipinski definition) is 1. The Hall–Kier alpha value is -3.27. The SMILES string of the molecule is COc1cc(F)ccc1-c1ccc2c3c1CN(c1cc(C)ccc1C)C3=CC(C)(C)N2. The van der Waals surface area contributed by atoms with E-state index in [1.807, 2.05) is 6.07 Å². The maximum absolute atomic E-state index is 13.9. The summed E-state index contributed by atoms with van der Waals surface area (Å²) in [5.74, 6) is 0.256. The summed E-state index contributed by atoms with van der Waals surface area (Å²) < 4.78 is 19.4. The van der Waals surface area contributed by atoms with Crippen molar-refractivity contribution in [2.24, 2.45) is 0 Å². The normalized spacial score (nSPS) is 15.9. The fraction of sp³-hybridized carbons (Fsp3) is 0.259. The Kier molecular flexibility index (Phi) is 4.37. The van der Waals surface area contributed by atoms with Crippen molar-refractivity contribution in [3.05, 3.63) is 82.7 Å². The zero-order valence-electron chi connectivity index (χ0n) is 18.6. The smallest absolute Gasteiger partial charge is 0.129 e. The molecule has 0 fully saturated rings. The Morgan fingerprint density at radius 2 is 1.77 bits per heavy atom. The third-order valence-corrected chi connectivity index (χ3v) is 6.24. The third-order valence-electron chi connectivity index (χ3n) is 6.24. The average molecular weight is 415 g/mol. The van der Waals surface area contributed by atoms with E-state index in [2.05, 4.69) is 74.3 Å². The van der Waals surface area contributed by atoms with Gasteiger partial charge in [-0.15, -0.1) is 0 Å². The number of benzene rings is 3. The second-order valence-electron chi connectivity index (χ2n) is 9.11. The van der Waals surface area contributed by atoms with E-state index >= 15 is 0 Å². The topological polar surface area (TPSA) is 24.5 Å². The number of rotatable bonds is 3. The van der Waals surface area contributed by atoms with Gasteiger partial charge in [0, 0.05) is 40.8 Å². The highest BCUT2D eigenvalue weighted by Gasteiger charge is 2.36. The molecule has 158 valence electrons. The Morgan fingerprint density at radius 3 is 2.55 bits per heavy atom. The lowest BCUT2D eigenvalue weighted by molar-refractivity contribution is 0.413. The summed E-state index contributed by atoms with van der Waals surface area (Å²) >= 11 is 0. The van der Waals surface area contributed by atoms with Crippen LogP contribution in [0.2, 0.25) is 0 Å². The molecule has 0 unspecified atom stereocenters. The number of aryl methyl sites for hydroxylation is 2. The molecule has 0 aromatic heterocycles. The Labute approximate surface area is 183 Å². The van der Waals surface area contributed by atoms with E-state index in [1.165, 1.54) is 45.8 Å². The highest BCUT2D eigenvalue weighted by Crippen LogP contribution is 2.50. The minimum atomic E-state index is -0.295. The molecule has 3 aromatic carbocycles. The lowest BCUT2D eigenvalue weighted by Gasteiger charge is -2.34. The maximum atomic E-state index is 13.9. The lowest BCUT2D eigenvalue weighted by Crippen LogP contribution is -2.33. The van der Waals surface area contributed by atoms with Crippen molar-refractivity contribution < 1.29 is 9.13 Å². The van der Waals surface area contributed by atoms with Gasteiger partial charge < -0.3 is 15.0 Å². The van der Waals surface area contributed by atoms with Crippen molar-refractivity contribution in [1.29, 1.82) is 0 Å². The fourth-order valence-corrected chi connectivity index (χ4v) is 4.83. The molecule has 4 heteroatoms. The van der Waals surface area contributed by atoms with Crippen molar-refractivity contribution in [2.45, 2.75) is 39.8 Å². The van der Waals surface area contributed by atoms with Crippen LogP contribution in [0, 0.1) is 19.7 Å². The molecular weight excluding hydrogens is 387 g/mol. The molecule has 0 amide bonds.